The fraction of sp³-hybridized carbons (Fsp3) is 0.214. The SMILES string of the molecule is CCc1ccsc1C(=O)Nc1cc(Br)ccc1C. The van der Waals surface area contributed by atoms with Gasteiger partial charge in [0.1, 0.15) is 0 Å². The smallest absolute Gasteiger partial charge is 0.266 e. The number of hydrogen-bond donors (Lipinski definition) is 1. The Hall–Kier alpha value is -1.13. The molecule has 18 heavy (non-hydrogen) atoms. The molecule has 1 aromatic heterocycles. The number of hydrogen-bond acceptors (Lipinski definition) is 2. The number of benzene rings is 1. The van der Waals surface area contributed by atoms with Gasteiger partial charge in [0.2, 0.25) is 0 Å². The fourth-order valence-electron chi connectivity index (χ4n) is 1.72. The van der Waals surface area contributed by atoms with Crippen molar-refractivity contribution in [2.45, 2.75) is 20.3 Å². The first-order chi connectivity index (χ1) is 8.61. The maximum atomic E-state index is 12.2. The lowest BCUT2D eigenvalue weighted by atomic mass is 10.1. The Bertz CT molecular complexity index is 577. The van der Waals surface area contributed by atoms with Crippen molar-refractivity contribution < 1.29 is 4.79 Å². The number of carbonyl (C=O) groups excluding carboxylic acids is 1. The normalized spacial score (nSPS) is 10.4. The molecule has 0 bridgehead atoms. The first-order valence-electron chi connectivity index (χ1n) is 5.75. The Labute approximate surface area is 119 Å². The second-order valence-corrected chi connectivity index (χ2v) is 5.87. The van der Waals surface area contributed by atoms with Crippen molar-refractivity contribution in [2.24, 2.45) is 0 Å². The van der Waals surface area contributed by atoms with Gasteiger partial charge in [0.25, 0.3) is 5.91 Å². The van der Waals surface area contributed by atoms with Gasteiger partial charge in [-0.1, -0.05) is 28.9 Å². The topological polar surface area (TPSA) is 29.1 Å². The number of amides is 1. The maximum absolute atomic E-state index is 12.2. The lowest BCUT2D eigenvalue weighted by molar-refractivity contribution is 0.102. The van der Waals surface area contributed by atoms with Crippen molar-refractivity contribution in [3.8, 4) is 0 Å². The Morgan fingerprint density at radius 2 is 2.17 bits per heavy atom. The average molecular weight is 324 g/mol. The van der Waals surface area contributed by atoms with Crippen LogP contribution in [0, 0.1) is 6.92 Å². The van der Waals surface area contributed by atoms with Crippen LogP contribution in [0.5, 0.6) is 0 Å². The summed E-state index contributed by atoms with van der Waals surface area (Å²) in [6, 6.07) is 7.88. The van der Waals surface area contributed by atoms with Crippen LogP contribution in [0.3, 0.4) is 0 Å². The van der Waals surface area contributed by atoms with Crippen LogP contribution in [0.15, 0.2) is 34.1 Å². The van der Waals surface area contributed by atoms with Crippen LogP contribution in [-0.2, 0) is 6.42 Å². The molecule has 0 spiro atoms. The quantitative estimate of drug-likeness (QED) is 0.876. The van der Waals surface area contributed by atoms with E-state index < -0.39 is 0 Å². The summed E-state index contributed by atoms with van der Waals surface area (Å²) < 4.78 is 0.963. The number of aryl methyl sites for hydroxylation is 2. The predicted molar refractivity (Wildman–Crippen MR) is 80.5 cm³/mol. The van der Waals surface area contributed by atoms with Gasteiger partial charge in [-0.3, -0.25) is 4.79 Å². The van der Waals surface area contributed by atoms with Crippen LogP contribution in [0.25, 0.3) is 0 Å². The number of carbonyl (C=O) groups is 1. The molecule has 0 saturated carbocycles. The van der Waals surface area contributed by atoms with Gasteiger partial charge in [-0.05, 0) is 48.1 Å². The molecular weight excluding hydrogens is 310 g/mol. The monoisotopic (exact) mass is 323 g/mol. The molecule has 0 aliphatic heterocycles. The first-order valence-corrected chi connectivity index (χ1v) is 7.43. The summed E-state index contributed by atoms with van der Waals surface area (Å²) in [4.78, 5) is 13.0. The minimum Gasteiger partial charge on any atom is -0.321 e. The third-order valence-electron chi connectivity index (χ3n) is 2.78. The van der Waals surface area contributed by atoms with Gasteiger partial charge >= 0.3 is 0 Å². The van der Waals surface area contributed by atoms with Crippen LogP contribution in [0.2, 0.25) is 0 Å². The summed E-state index contributed by atoms with van der Waals surface area (Å²) in [5.41, 5.74) is 3.01. The summed E-state index contributed by atoms with van der Waals surface area (Å²) in [5, 5.41) is 4.93. The molecule has 0 saturated heterocycles. The second-order valence-electron chi connectivity index (χ2n) is 4.04. The van der Waals surface area contributed by atoms with E-state index in [0.29, 0.717) is 0 Å². The summed E-state index contributed by atoms with van der Waals surface area (Å²) in [5.74, 6) is -0.0250. The Morgan fingerprint density at radius 1 is 1.39 bits per heavy atom. The number of thiophene rings is 1. The van der Waals surface area contributed by atoms with E-state index in [1.165, 1.54) is 11.3 Å². The summed E-state index contributed by atoms with van der Waals surface area (Å²) >= 11 is 4.90. The maximum Gasteiger partial charge on any atom is 0.266 e. The molecule has 1 aromatic carbocycles. The van der Waals surface area contributed by atoms with E-state index in [0.717, 1.165) is 32.6 Å². The van der Waals surface area contributed by atoms with Gasteiger partial charge in [0.05, 0.1) is 4.88 Å². The van der Waals surface area contributed by atoms with Crippen molar-refractivity contribution in [1.82, 2.24) is 0 Å². The van der Waals surface area contributed by atoms with E-state index in [4.69, 9.17) is 0 Å². The van der Waals surface area contributed by atoms with E-state index >= 15 is 0 Å². The van der Waals surface area contributed by atoms with Crippen molar-refractivity contribution >= 4 is 38.9 Å². The first kappa shape index (κ1) is 13.3. The summed E-state index contributed by atoms with van der Waals surface area (Å²) in [6.45, 7) is 4.04. The lowest BCUT2D eigenvalue weighted by Gasteiger charge is -2.08. The standard InChI is InChI=1S/C14H14BrNOS/c1-3-10-6-7-18-13(10)14(17)16-12-8-11(15)5-4-9(12)2/h4-8H,3H2,1-2H3,(H,16,17). The third kappa shape index (κ3) is 2.82. The molecule has 0 radical (unpaired) electrons. The van der Waals surface area contributed by atoms with E-state index in [1.54, 1.807) is 0 Å². The lowest BCUT2D eigenvalue weighted by Crippen LogP contribution is -2.12. The molecule has 2 rings (SSSR count). The molecule has 2 nitrogen and oxygen atoms in total. The molecule has 1 amide bonds. The Balaban J connectivity index is 2.24. The van der Waals surface area contributed by atoms with Gasteiger partial charge < -0.3 is 5.32 Å². The molecule has 0 aliphatic rings. The highest BCUT2D eigenvalue weighted by molar-refractivity contribution is 9.10. The zero-order valence-corrected chi connectivity index (χ0v) is 12.7. The zero-order valence-electron chi connectivity index (χ0n) is 10.3. The minimum absolute atomic E-state index is 0.0250. The van der Waals surface area contributed by atoms with Crippen molar-refractivity contribution in [2.75, 3.05) is 5.32 Å². The Morgan fingerprint density at radius 3 is 2.89 bits per heavy atom. The number of halogens is 1. The molecule has 94 valence electrons. The molecule has 0 aliphatic carbocycles. The Kier molecular flexibility index (Phi) is 4.19. The van der Waals surface area contributed by atoms with E-state index in [2.05, 4.69) is 28.2 Å². The summed E-state index contributed by atoms with van der Waals surface area (Å²) in [7, 11) is 0. The van der Waals surface area contributed by atoms with Crippen molar-refractivity contribution in [3.63, 3.8) is 0 Å². The van der Waals surface area contributed by atoms with Crippen LogP contribution in [-0.4, -0.2) is 5.91 Å². The zero-order chi connectivity index (χ0) is 13.1. The number of nitrogens with one attached hydrogen (secondary N) is 1. The highest BCUT2D eigenvalue weighted by Crippen LogP contribution is 2.23. The van der Waals surface area contributed by atoms with Crippen LogP contribution in [0.1, 0.15) is 27.7 Å². The molecule has 2 aromatic rings. The van der Waals surface area contributed by atoms with Gasteiger partial charge in [-0.2, -0.15) is 0 Å². The van der Waals surface area contributed by atoms with Gasteiger partial charge in [-0.25, -0.2) is 0 Å². The number of anilines is 1. The van der Waals surface area contributed by atoms with Gasteiger partial charge in [0.15, 0.2) is 0 Å². The van der Waals surface area contributed by atoms with Gasteiger partial charge in [0, 0.05) is 10.2 Å². The number of rotatable bonds is 3. The molecule has 1 heterocycles. The minimum atomic E-state index is -0.0250. The second kappa shape index (κ2) is 5.67. The molecule has 1 N–H and O–H groups in total. The third-order valence-corrected chi connectivity index (χ3v) is 4.23. The summed E-state index contributed by atoms with van der Waals surface area (Å²) in [6.07, 6.45) is 0.879. The van der Waals surface area contributed by atoms with Gasteiger partial charge in [-0.15, -0.1) is 11.3 Å². The molecule has 4 heteroatoms. The van der Waals surface area contributed by atoms with Crippen molar-refractivity contribution in [1.29, 1.82) is 0 Å². The predicted octanol–water partition coefficient (Wildman–Crippen LogP) is 4.63. The largest absolute Gasteiger partial charge is 0.321 e. The van der Waals surface area contributed by atoms with Crippen molar-refractivity contribution in [3.05, 3.63) is 50.1 Å². The molecule has 0 unspecified atom stereocenters. The highest BCUT2D eigenvalue weighted by Gasteiger charge is 2.13. The molecule has 0 fully saturated rings. The molecular formula is C14H14BrNOS. The van der Waals surface area contributed by atoms with Crippen LogP contribution in [0.4, 0.5) is 5.69 Å². The van der Waals surface area contributed by atoms with E-state index in [9.17, 15) is 4.79 Å². The van der Waals surface area contributed by atoms with Crippen LogP contribution < -0.4 is 5.32 Å². The average Bonchev–Trinajstić information content (AvgIpc) is 2.82. The molecule has 0 atom stereocenters. The van der Waals surface area contributed by atoms with E-state index in [-0.39, 0.29) is 5.91 Å². The van der Waals surface area contributed by atoms with Crippen LogP contribution >= 0.6 is 27.3 Å². The fourth-order valence-corrected chi connectivity index (χ4v) is 2.97. The van der Waals surface area contributed by atoms with E-state index in [1.807, 2.05) is 36.6 Å². The highest BCUT2D eigenvalue weighted by atomic mass is 79.9.